The third kappa shape index (κ3) is 3.81. The molecule has 0 saturated carbocycles. The van der Waals surface area contributed by atoms with Gasteiger partial charge in [0.05, 0.1) is 0 Å². The predicted molar refractivity (Wildman–Crippen MR) is 137 cm³/mol. The Hall–Kier alpha value is -1.79. The minimum atomic E-state index is -2.15. The smallest absolute Gasteiger partial charge is 1.00 e. The standard InChI is InChI=1S/2C14H11.C3H6.2ClH.Zr/c2*1-10-8-12-7-6-11-4-2-3-5-13(11)14(12)9-10;1-3-2;;;/h2*2-9H,1H3;1-2H3;2*1H;/q;;;;;+2/p-2. The maximum atomic E-state index is 2.50. The van der Waals surface area contributed by atoms with Gasteiger partial charge in [0.15, 0.2) is 0 Å². The molecule has 0 aromatic heterocycles. The number of hydrogen-bond acceptors (Lipinski definition) is 0. The minimum Gasteiger partial charge on any atom is -1.00 e. The zero-order valence-corrected chi connectivity index (χ0v) is 24.0. The van der Waals surface area contributed by atoms with Crippen molar-refractivity contribution in [2.75, 3.05) is 0 Å². The SMILES string of the molecule is CC1=Cc2c(ccc3ccccc23)[CH]1[Zr+2](=[C](C)C)[CH]1C(C)=Cc2c1ccc1ccccc21.[Cl-].[Cl-]. The molecule has 6 rings (SSSR count). The molecule has 2 aliphatic rings. The van der Waals surface area contributed by atoms with Gasteiger partial charge in [0, 0.05) is 0 Å². The van der Waals surface area contributed by atoms with E-state index in [4.69, 9.17) is 0 Å². The molecule has 0 heterocycles. The van der Waals surface area contributed by atoms with Crippen LogP contribution in [0.3, 0.4) is 0 Å². The Morgan fingerprint density at radius 3 is 1.41 bits per heavy atom. The van der Waals surface area contributed by atoms with Gasteiger partial charge in [-0.25, -0.2) is 0 Å². The van der Waals surface area contributed by atoms with Crippen molar-refractivity contribution in [2.24, 2.45) is 0 Å². The predicted octanol–water partition coefficient (Wildman–Crippen LogP) is 2.45. The Kier molecular flexibility index (Phi) is 7.22. The summed E-state index contributed by atoms with van der Waals surface area (Å²) in [5.41, 5.74) is 9.27. The van der Waals surface area contributed by atoms with Gasteiger partial charge in [0.1, 0.15) is 0 Å². The van der Waals surface area contributed by atoms with E-state index in [1.54, 1.807) is 25.5 Å². The van der Waals surface area contributed by atoms with Crippen LogP contribution in [0.15, 0.2) is 83.9 Å². The third-order valence-corrected chi connectivity index (χ3v) is 17.1. The Morgan fingerprint density at radius 2 is 1.00 bits per heavy atom. The molecule has 3 heteroatoms. The largest absolute Gasteiger partial charge is 1.00 e. The van der Waals surface area contributed by atoms with E-state index >= 15 is 0 Å². The second-order valence-corrected chi connectivity index (χ2v) is 17.2. The topological polar surface area (TPSA) is 0 Å². The van der Waals surface area contributed by atoms with Crippen LogP contribution in [0, 0.1) is 0 Å². The number of benzene rings is 4. The van der Waals surface area contributed by atoms with Crippen LogP contribution in [0.1, 0.15) is 57.2 Å². The van der Waals surface area contributed by atoms with Crippen LogP contribution in [-0.2, 0) is 21.3 Å². The fourth-order valence-electron chi connectivity index (χ4n) is 6.13. The maximum Gasteiger partial charge on any atom is -1.00 e. The average Bonchev–Trinajstić information content (AvgIpc) is 3.31. The van der Waals surface area contributed by atoms with Gasteiger partial charge >= 0.3 is 199 Å². The number of halogens is 2. The number of rotatable bonds is 2. The number of hydrogen-bond donors (Lipinski definition) is 0. The van der Waals surface area contributed by atoms with E-state index in [1.165, 1.54) is 32.7 Å². The van der Waals surface area contributed by atoms with Crippen LogP contribution in [0.2, 0.25) is 0 Å². The molecular formula is C31H28Cl2Zr. The summed E-state index contributed by atoms with van der Waals surface area (Å²) in [6, 6.07) is 27.3. The molecule has 0 radical (unpaired) electrons. The Balaban J connectivity index is 0.00000137. The summed E-state index contributed by atoms with van der Waals surface area (Å²) in [4.78, 5) is 0. The van der Waals surface area contributed by atoms with Crippen molar-refractivity contribution in [3.8, 4) is 0 Å². The fraction of sp³-hybridized carbons (Fsp3) is 0.194. The molecule has 4 aromatic carbocycles. The summed E-state index contributed by atoms with van der Waals surface area (Å²) in [6.07, 6.45) is 5.00. The molecule has 0 saturated heterocycles. The molecule has 0 amide bonds. The minimum absolute atomic E-state index is 0. The molecule has 0 spiro atoms. The Morgan fingerprint density at radius 1 is 0.588 bits per heavy atom. The first-order valence-corrected chi connectivity index (χ1v) is 15.7. The van der Waals surface area contributed by atoms with Crippen molar-refractivity contribution in [1.82, 2.24) is 0 Å². The zero-order valence-electron chi connectivity index (χ0n) is 20.0. The second kappa shape index (κ2) is 9.69. The van der Waals surface area contributed by atoms with Crippen molar-refractivity contribution in [3.63, 3.8) is 0 Å². The van der Waals surface area contributed by atoms with Crippen molar-refractivity contribution in [2.45, 2.75) is 34.9 Å². The molecule has 0 bridgehead atoms. The van der Waals surface area contributed by atoms with E-state index in [-0.39, 0.29) is 24.8 Å². The quantitative estimate of drug-likeness (QED) is 0.352. The van der Waals surface area contributed by atoms with E-state index in [2.05, 4.69) is 113 Å². The molecule has 170 valence electrons. The molecular weight excluding hydrogens is 534 g/mol. The van der Waals surface area contributed by atoms with Gasteiger partial charge in [-0.15, -0.1) is 0 Å². The Labute approximate surface area is 222 Å². The van der Waals surface area contributed by atoms with E-state index in [1.807, 2.05) is 0 Å². The van der Waals surface area contributed by atoms with Gasteiger partial charge in [-0.05, 0) is 0 Å². The first-order valence-electron chi connectivity index (χ1n) is 11.6. The van der Waals surface area contributed by atoms with E-state index in [0.29, 0.717) is 7.25 Å². The number of fused-ring (bicyclic) bond motifs is 6. The summed E-state index contributed by atoms with van der Waals surface area (Å²) >= 11 is -2.15. The molecule has 0 fully saturated rings. The zero-order chi connectivity index (χ0) is 22.0. The van der Waals surface area contributed by atoms with Crippen LogP contribution in [0.25, 0.3) is 33.7 Å². The van der Waals surface area contributed by atoms with Gasteiger partial charge in [-0.3, -0.25) is 0 Å². The van der Waals surface area contributed by atoms with Crippen molar-refractivity contribution >= 4 is 36.9 Å². The van der Waals surface area contributed by atoms with Gasteiger partial charge in [-0.2, -0.15) is 0 Å². The van der Waals surface area contributed by atoms with Crippen LogP contribution in [-0.4, -0.2) is 3.21 Å². The summed E-state index contributed by atoms with van der Waals surface area (Å²) in [6.45, 7) is 9.62. The summed E-state index contributed by atoms with van der Waals surface area (Å²) in [5, 5.41) is 5.53. The maximum absolute atomic E-state index is 2.50. The summed E-state index contributed by atoms with van der Waals surface area (Å²) < 4.78 is 2.95. The molecule has 34 heavy (non-hydrogen) atoms. The van der Waals surface area contributed by atoms with E-state index in [9.17, 15) is 0 Å². The van der Waals surface area contributed by atoms with Crippen molar-refractivity contribution in [3.05, 3.63) is 106 Å². The Bertz CT molecular complexity index is 1410. The average molecular weight is 563 g/mol. The summed E-state index contributed by atoms with van der Waals surface area (Å²) in [5.74, 6) is 0. The molecule has 0 N–H and O–H groups in total. The number of allylic oxidation sites excluding steroid dienone is 2. The van der Waals surface area contributed by atoms with Crippen molar-refractivity contribution in [1.29, 1.82) is 0 Å². The normalized spacial score (nSPS) is 17.6. The van der Waals surface area contributed by atoms with Gasteiger partial charge in [-0.1, -0.05) is 0 Å². The molecule has 2 unspecified atom stereocenters. The molecule has 2 aliphatic carbocycles. The molecule has 0 nitrogen and oxygen atoms in total. The van der Waals surface area contributed by atoms with Crippen molar-refractivity contribution < 1.29 is 46.1 Å². The second-order valence-electron chi connectivity index (χ2n) is 9.68. The van der Waals surface area contributed by atoms with E-state index < -0.39 is 21.3 Å². The summed E-state index contributed by atoms with van der Waals surface area (Å²) in [7, 11) is 0. The fourth-order valence-corrected chi connectivity index (χ4v) is 15.5. The van der Waals surface area contributed by atoms with Gasteiger partial charge in [0.2, 0.25) is 0 Å². The first-order chi connectivity index (χ1) is 15.5. The van der Waals surface area contributed by atoms with Gasteiger partial charge < -0.3 is 24.8 Å². The molecule has 0 aliphatic heterocycles. The van der Waals surface area contributed by atoms with Crippen LogP contribution in [0.4, 0.5) is 0 Å². The van der Waals surface area contributed by atoms with Crippen LogP contribution in [0.5, 0.6) is 0 Å². The van der Waals surface area contributed by atoms with Crippen LogP contribution >= 0.6 is 0 Å². The molecule has 4 aromatic rings. The first kappa shape index (κ1) is 25.3. The third-order valence-electron chi connectivity index (χ3n) is 7.48. The monoisotopic (exact) mass is 560 g/mol. The van der Waals surface area contributed by atoms with E-state index in [0.717, 1.165) is 0 Å². The van der Waals surface area contributed by atoms with Gasteiger partial charge in [0.25, 0.3) is 0 Å². The molecule has 2 atom stereocenters. The van der Waals surface area contributed by atoms with Crippen LogP contribution < -0.4 is 24.8 Å².